The number of ether oxygens (including phenoxy) is 1. The van der Waals surface area contributed by atoms with Crippen molar-refractivity contribution in [2.75, 3.05) is 0 Å². The van der Waals surface area contributed by atoms with Crippen LogP contribution in [0.2, 0.25) is 0 Å². The van der Waals surface area contributed by atoms with Gasteiger partial charge in [-0.1, -0.05) is 6.07 Å². The summed E-state index contributed by atoms with van der Waals surface area (Å²) in [7, 11) is 0. The Balaban J connectivity index is 2.07. The molecule has 0 aliphatic heterocycles. The first kappa shape index (κ1) is 6.61. The van der Waals surface area contributed by atoms with Gasteiger partial charge in [0.05, 0.1) is 0 Å². The maximum atomic E-state index is 5.72. The molecule has 1 heterocycles. The fraction of sp³-hybridized carbons (Fsp3) is 0.375. The molecule has 0 spiro atoms. The molecule has 3 heteroatoms. The molecule has 2 rings (SSSR count). The topological polar surface area (TPSA) is 48.1 Å². The van der Waals surface area contributed by atoms with Crippen molar-refractivity contribution in [3.8, 4) is 5.88 Å². The van der Waals surface area contributed by atoms with Crippen molar-refractivity contribution in [1.29, 1.82) is 0 Å². The quantitative estimate of drug-likeness (QED) is 0.637. The lowest BCUT2D eigenvalue weighted by molar-refractivity contribution is 0.179. The first-order chi connectivity index (χ1) is 5.29. The number of rotatable bonds is 2. The van der Waals surface area contributed by atoms with Crippen LogP contribution in [0, 0.1) is 0 Å². The van der Waals surface area contributed by atoms with Gasteiger partial charge in [0.25, 0.3) is 0 Å². The molecule has 0 radical (unpaired) electrons. The normalized spacial score (nSPS) is 19.4. The molecule has 1 saturated carbocycles. The molecule has 0 aromatic carbocycles. The molecule has 0 unspecified atom stereocenters. The van der Waals surface area contributed by atoms with Gasteiger partial charge in [-0.3, -0.25) is 5.73 Å². The van der Waals surface area contributed by atoms with Crippen LogP contribution in [-0.4, -0.2) is 10.7 Å². The number of nitrogens with two attached hydrogens (primary N) is 1. The summed E-state index contributed by atoms with van der Waals surface area (Å²) >= 11 is 0. The van der Waals surface area contributed by atoms with Crippen molar-refractivity contribution >= 4 is 0 Å². The fourth-order valence-corrected chi connectivity index (χ4v) is 0.841. The van der Waals surface area contributed by atoms with Crippen LogP contribution >= 0.6 is 0 Å². The molecule has 0 amide bonds. The first-order valence-corrected chi connectivity index (χ1v) is 3.67. The minimum absolute atomic E-state index is 0.408. The lowest BCUT2D eigenvalue weighted by Crippen LogP contribution is -2.29. The maximum Gasteiger partial charge on any atom is 0.214 e. The molecule has 0 bridgehead atoms. The third kappa shape index (κ3) is 1.49. The maximum absolute atomic E-state index is 5.72. The van der Waals surface area contributed by atoms with E-state index in [9.17, 15) is 0 Å². The second kappa shape index (κ2) is 2.20. The Hall–Kier alpha value is -1.09. The molecule has 1 aliphatic carbocycles. The van der Waals surface area contributed by atoms with Gasteiger partial charge in [0, 0.05) is 25.1 Å². The summed E-state index contributed by atoms with van der Waals surface area (Å²) in [6, 6.07) is 5.55. The van der Waals surface area contributed by atoms with Crippen molar-refractivity contribution in [2.24, 2.45) is 5.73 Å². The summed E-state index contributed by atoms with van der Waals surface area (Å²) in [5.41, 5.74) is 5.31. The monoisotopic (exact) mass is 150 g/mol. The highest BCUT2D eigenvalue weighted by Gasteiger charge is 2.41. The van der Waals surface area contributed by atoms with Crippen LogP contribution in [0.1, 0.15) is 12.8 Å². The summed E-state index contributed by atoms with van der Waals surface area (Å²) in [5.74, 6) is 0.618. The smallest absolute Gasteiger partial charge is 0.214 e. The summed E-state index contributed by atoms with van der Waals surface area (Å²) in [5, 5.41) is 0. The molecule has 11 heavy (non-hydrogen) atoms. The lowest BCUT2D eigenvalue weighted by Gasteiger charge is -2.10. The Bertz CT molecular complexity index is 244. The zero-order valence-corrected chi connectivity index (χ0v) is 6.16. The van der Waals surface area contributed by atoms with Crippen molar-refractivity contribution in [3.63, 3.8) is 0 Å². The van der Waals surface area contributed by atoms with E-state index in [1.54, 1.807) is 6.20 Å². The van der Waals surface area contributed by atoms with Gasteiger partial charge in [0.2, 0.25) is 5.88 Å². The minimum atomic E-state index is -0.408. The standard InChI is InChI=1S/C8H10N2O/c9-8(4-5-8)11-7-3-1-2-6-10-7/h1-3,6H,4-5,9H2. The third-order valence-corrected chi connectivity index (χ3v) is 1.69. The van der Waals surface area contributed by atoms with E-state index in [2.05, 4.69) is 4.98 Å². The van der Waals surface area contributed by atoms with Gasteiger partial charge in [-0.25, -0.2) is 4.98 Å². The average Bonchev–Trinajstić information content (AvgIpc) is 2.70. The highest BCUT2D eigenvalue weighted by atomic mass is 16.5. The summed E-state index contributed by atoms with van der Waals surface area (Å²) < 4.78 is 5.38. The van der Waals surface area contributed by atoms with Crippen LogP contribution in [0.15, 0.2) is 24.4 Å². The largest absolute Gasteiger partial charge is 0.456 e. The molecule has 1 aromatic heterocycles. The SMILES string of the molecule is NC1(Oc2ccccn2)CC1. The van der Waals surface area contributed by atoms with E-state index >= 15 is 0 Å². The van der Waals surface area contributed by atoms with Crippen LogP contribution < -0.4 is 10.5 Å². The van der Waals surface area contributed by atoms with E-state index in [1.807, 2.05) is 18.2 Å². The summed E-state index contributed by atoms with van der Waals surface area (Å²) in [4.78, 5) is 4.00. The molecule has 3 nitrogen and oxygen atoms in total. The number of nitrogens with zero attached hydrogens (tertiary/aromatic N) is 1. The second-order valence-electron chi connectivity index (χ2n) is 2.83. The van der Waals surface area contributed by atoms with Crippen LogP contribution in [-0.2, 0) is 0 Å². The van der Waals surface area contributed by atoms with Crippen molar-refractivity contribution in [2.45, 2.75) is 18.6 Å². The van der Waals surface area contributed by atoms with E-state index in [1.165, 1.54) is 0 Å². The predicted octanol–water partition coefficient (Wildman–Crippen LogP) is 0.909. The van der Waals surface area contributed by atoms with E-state index in [0.29, 0.717) is 5.88 Å². The molecule has 2 N–H and O–H groups in total. The van der Waals surface area contributed by atoms with Crippen molar-refractivity contribution in [1.82, 2.24) is 4.98 Å². The van der Waals surface area contributed by atoms with Crippen LogP contribution in [0.3, 0.4) is 0 Å². The molecule has 1 aromatic rings. The van der Waals surface area contributed by atoms with Gasteiger partial charge in [0.15, 0.2) is 5.72 Å². The fourth-order valence-electron chi connectivity index (χ4n) is 0.841. The van der Waals surface area contributed by atoms with Crippen LogP contribution in [0.25, 0.3) is 0 Å². The van der Waals surface area contributed by atoms with E-state index in [0.717, 1.165) is 12.8 Å². The van der Waals surface area contributed by atoms with Gasteiger partial charge in [0.1, 0.15) is 0 Å². The second-order valence-corrected chi connectivity index (χ2v) is 2.83. The number of aromatic nitrogens is 1. The van der Waals surface area contributed by atoms with E-state index < -0.39 is 5.72 Å². The lowest BCUT2D eigenvalue weighted by atomic mass is 10.5. The Labute approximate surface area is 65.2 Å². The van der Waals surface area contributed by atoms with Crippen LogP contribution in [0.5, 0.6) is 5.88 Å². The molecule has 58 valence electrons. The molecule has 0 atom stereocenters. The number of hydrogen-bond acceptors (Lipinski definition) is 3. The third-order valence-electron chi connectivity index (χ3n) is 1.69. The van der Waals surface area contributed by atoms with Crippen molar-refractivity contribution in [3.05, 3.63) is 24.4 Å². The van der Waals surface area contributed by atoms with Gasteiger partial charge < -0.3 is 4.74 Å². The van der Waals surface area contributed by atoms with E-state index in [-0.39, 0.29) is 0 Å². The highest BCUT2D eigenvalue weighted by molar-refractivity contribution is 5.12. The van der Waals surface area contributed by atoms with Gasteiger partial charge in [-0.05, 0) is 6.07 Å². The van der Waals surface area contributed by atoms with E-state index in [4.69, 9.17) is 10.5 Å². The molecular weight excluding hydrogens is 140 g/mol. The van der Waals surface area contributed by atoms with Gasteiger partial charge in [-0.15, -0.1) is 0 Å². The Morgan fingerprint density at radius 1 is 1.45 bits per heavy atom. The molecular formula is C8H10N2O. The first-order valence-electron chi connectivity index (χ1n) is 3.67. The highest BCUT2D eigenvalue weighted by Crippen LogP contribution is 2.33. The molecule has 1 aliphatic rings. The predicted molar refractivity (Wildman–Crippen MR) is 41.0 cm³/mol. The average molecular weight is 150 g/mol. The molecule has 0 saturated heterocycles. The Kier molecular flexibility index (Phi) is 1.32. The number of hydrogen-bond donors (Lipinski definition) is 1. The Morgan fingerprint density at radius 3 is 2.82 bits per heavy atom. The summed E-state index contributed by atoms with van der Waals surface area (Å²) in [6.45, 7) is 0. The number of pyridine rings is 1. The Morgan fingerprint density at radius 2 is 2.27 bits per heavy atom. The van der Waals surface area contributed by atoms with Crippen molar-refractivity contribution < 1.29 is 4.74 Å². The minimum Gasteiger partial charge on any atom is -0.456 e. The zero-order valence-electron chi connectivity index (χ0n) is 6.16. The summed E-state index contributed by atoms with van der Waals surface area (Å²) in [6.07, 6.45) is 3.56. The van der Waals surface area contributed by atoms with Gasteiger partial charge >= 0.3 is 0 Å². The van der Waals surface area contributed by atoms with Gasteiger partial charge in [-0.2, -0.15) is 0 Å². The van der Waals surface area contributed by atoms with Crippen LogP contribution in [0.4, 0.5) is 0 Å². The molecule has 1 fully saturated rings. The zero-order chi connectivity index (χ0) is 7.73.